The molecular formula is C5H8N2OS. The molecule has 1 amide bonds. The maximum atomic E-state index is 10.7. The van der Waals surface area contributed by atoms with E-state index in [1.165, 1.54) is 0 Å². The summed E-state index contributed by atoms with van der Waals surface area (Å²) in [7, 11) is 0. The molecule has 2 heterocycles. The summed E-state index contributed by atoms with van der Waals surface area (Å²) >= 11 is 1.78. The van der Waals surface area contributed by atoms with Crippen molar-refractivity contribution in [1.29, 1.82) is 0 Å². The van der Waals surface area contributed by atoms with Crippen LogP contribution in [0.25, 0.3) is 0 Å². The van der Waals surface area contributed by atoms with E-state index in [4.69, 9.17) is 0 Å². The third-order valence-electron chi connectivity index (χ3n) is 1.63. The van der Waals surface area contributed by atoms with Crippen molar-refractivity contribution in [3.8, 4) is 0 Å². The van der Waals surface area contributed by atoms with Crippen LogP contribution in [0.1, 0.15) is 6.92 Å². The van der Waals surface area contributed by atoms with Gasteiger partial charge in [0, 0.05) is 0 Å². The van der Waals surface area contributed by atoms with E-state index in [-0.39, 0.29) is 11.9 Å². The summed E-state index contributed by atoms with van der Waals surface area (Å²) in [5.41, 5.74) is 0. The number of fused-ring (bicyclic) bond motifs is 1. The zero-order valence-corrected chi connectivity index (χ0v) is 5.87. The lowest BCUT2D eigenvalue weighted by Gasteiger charge is -2.28. The number of amides is 1. The van der Waals surface area contributed by atoms with Crippen molar-refractivity contribution in [3.05, 3.63) is 0 Å². The van der Waals surface area contributed by atoms with Gasteiger partial charge in [-0.1, -0.05) is 0 Å². The summed E-state index contributed by atoms with van der Waals surface area (Å²) in [6, 6.07) is 0.102. The first-order chi connectivity index (χ1) is 4.27. The molecule has 0 bridgehead atoms. The Morgan fingerprint density at radius 3 is 2.89 bits per heavy atom. The van der Waals surface area contributed by atoms with Gasteiger partial charge < -0.3 is 5.32 Å². The van der Waals surface area contributed by atoms with Gasteiger partial charge in [-0.15, -0.1) is 11.8 Å². The zero-order chi connectivity index (χ0) is 6.43. The highest BCUT2D eigenvalue weighted by molar-refractivity contribution is 8.00. The lowest BCUT2D eigenvalue weighted by atomic mass is 10.1. The number of carbonyl (C=O) groups excluding carboxylic acids is 1. The minimum atomic E-state index is 0.102. The van der Waals surface area contributed by atoms with Crippen LogP contribution in [0.4, 0.5) is 0 Å². The first-order valence-electron chi connectivity index (χ1n) is 2.99. The Hall–Kier alpha value is -0.220. The van der Waals surface area contributed by atoms with Gasteiger partial charge in [-0.25, -0.2) is 0 Å². The minimum absolute atomic E-state index is 0.102. The number of carbonyl (C=O) groups is 1. The van der Waals surface area contributed by atoms with Crippen LogP contribution in [-0.4, -0.2) is 22.7 Å². The first-order valence-corrected chi connectivity index (χ1v) is 3.93. The molecule has 2 aliphatic heterocycles. The van der Waals surface area contributed by atoms with E-state index in [0.717, 1.165) is 0 Å². The van der Waals surface area contributed by atoms with Gasteiger partial charge in [0.2, 0.25) is 5.91 Å². The lowest BCUT2D eigenvalue weighted by Crippen LogP contribution is -2.62. The summed E-state index contributed by atoms with van der Waals surface area (Å²) < 4.78 is 0. The van der Waals surface area contributed by atoms with Gasteiger partial charge in [0.25, 0.3) is 0 Å². The molecule has 4 heteroatoms. The van der Waals surface area contributed by atoms with Crippen LogP contribution < -0.4 is 10.6 Å². The van der Waals surface area contributed by atoms with E-state index < -0.39 is 0 Å². The Labute approximate surface area is 57.6 Å². The molecular weight excluding hydrogens is 136 g/mol. The molecule has 2 N–H and O–H groups in total. The Kier molecular flexibility index (Phi) is 1.01. The van der Waals surface area contributed by atoms with Gasteiger partial charge >= 0.3 is 0 Å². The van der Waals surface area contributed by atoms with Crippen LogP contribution in [-0.2, 0) is 4.79 Å². The number of rotatable bonds is 0. The summed E-state index contributed by atoms with van der Waals surface area (Å²) in [6.07, 6.45) is 0. The molecule has 0 aromatic rings. The van der Waals surface area contributed by atoms with Crippen LogP contribution in [0, 0.1) is 0 Å². The highest BCUT2D eigenvalue weighted by atomic mass is 32.2. The molecule has 1 unspecified atom stereocenters. The quantitative estimate of drug-likeness (QED) is 0.450. The van der Waals surface area contributed by atoms with Crippen LogP contribution in [0.5, 0.6) is 0 Å². The molecule has 2 rings (SSSR count). The van der Waals surface area contributed by atoms with Crippen LogP contribution in [0.15, 0.2) is 0 Å². The molecule has 0 saturated carbocycles. The third-order valence-corrected chi connectivity index (χ3v) is 2.86. The molecule has 3 atom stereocenters. The molecule has 0 radical (unpaired) electrons. The Balaban J connectivity index is 2.08. The third kappa shape index (κ3) is 0.664. The van der Waals surface area contributed by atoms with Crippen molar-refractivity contribution in [2.24, 2.45) is 0 Å². The molecule has 9 heavy (non-hydrogen) atoms. The molecule has 3 nitrogen and oxygen atoms in total. The van der Waals surface area contributed by atoms with Crippen molar-refractivity contribution >= 4 is 17.7 Å². The van der Waals surface area contributed by atoms with Crippen LogP contribution in [0.3, 0.4) is 0 Å². The maximum Gasteiger partial charge on any atom is 0.241 e. The van der Waals surface area contributed by atoms with Gasteiger partial charge in [0.05, 0.1) is 5.37 Å². The number of hydrogen-bond acceptors (Lipinski definition) is 3. The van der Waals surface area contributed by atoms with Crippen molar-refractivity contribution in [1.82, 2.24) is 10.6 Å². The van der Waals surface area contributed by atoms with Gasteiger partial charge in [0.1, 0.15) is 11.4 Å². The highest BCUT2D eigenvalue weighted by Crippen LogP contribution is 2.30. The second-order valence-electron chi connectivity index (χ2n) is 2.35. The number of β-lactam (4-membered cyclic amide) rings is 1. The van der Waals surface area contributed by atoms with E-state index >= 15 is 0 Å². The Morgan fingerprint density at radius 1 is 1.67 bits per heavy atom. The van der Waals surface area contributed by atoms with Gasteiger partial charge in [-0.3, -0.25) is 10.1 Å². The SMILES string of the molecule is CC1N[C@H]2C(=O)N[C@H]2S1. The fraction of sp³-hybridized carbons (Fsp3) is 0.800. The molecule has 0 aromatic heterocycles. The minimum Gasteiger partial charge on any atom is -0.341 e. The van der Waals surface area contributed by atoms with E-state index in [0.29, 0.717) is 10.7 Å². The highest BCUT2D eigenvalue weighted by Gasteiger charge is 2.45. The largest absolute Gasteiger partial charge is 0.341 e. The predicted molar refractivity (Wildman–Crippen MR) is 35.9 cm³/mol. The Morgan fingerprint density at radius 2 is 2.44 bits per heavy atom. The summed E-state index contributed by atoms with van der Waals surface area (Å²) in [4.78, 5) is 10.7. The molecule has 0 aromatic carbocycles. The molecule has 2 aliphatic rings. The molecule has 0 aliphatic carbocycles. The van der Waals surface area contributed by atoms with Crippen molar-refractivity contribution in [2.75, 3.05) is 0 Å². The van der Waals surface area contributed by atoms with Crippen molar-refractivity contribution < 1.29 is 4.79 Å². The van der Waals surface area contributed by atoms with Crippen LogP contribution >= 0.6 is 11.8 Å². The second-order valence-corrected chi connectivity index (χ2v) is 3.84. The molecule has 50 valence electrons. The van der Waals surface area contributed by atoms with E-state index in [9.17, 15) is 4.79 Å². The first kappa shape index (κ1) is 5.56. The topological polar surface area (TPSA) is 41.1 Å². The van der Waals surface area contributed by atoms with E-state index in [1.54, 1.807) is 11.8 Å². The Bertz CT molecular complexity index is 161. The van der Waals surface area contributed by atoms with Crippen molar-refractivity contribution in [2.45, 2.75) is 23.7 Å². The van der Waals surface area contributed by atoms with Gasteiger partial charge in [0.15, 0.2) is 0 Å². The zero-order valence-electron chi connectivity index (χ0n) is 5.05. The smallest absolute Gasteiger partial charge is 0.241 e. The monoisotopic (exact) mass is 144 g/mol. The maximum absolute atomic E-state index is 10.7. The predicted octanol–water partition coefficient (Wildman–Crippen LogP) is -0.507. The lowest BCUT2D eigenvalue weighted by molar-refractivity contribution is -0.128. The fourth-order valence-electron chi connectivity index (χ4n) is 1.14. The molecule has 2 saturated heterocycles. The summed E-state index contributed by atoms with van der Waals surface area (Å²) in [5.74, 6) is 0.150. The average Bonchev–Trinajstić information content (AvgIpc) is 2.08. The van der Waals surface area contributed by atoms with Gasteiger partial charge in [-0.2, -0.15) is 0 Å². The molecule has 2 fully saturated rings. The standard InChI is InChI=1S/C5H8N2OS/c1-2-6-3-4(8)7-5(3)9-2/h2-3,5-6H,1H3,(H,7,8)/t2?,3-,5-/m0/s1. The van der Waals surface area contributed by atoms with Gasteiger partial charge in [-0.05, 0) is 6.92 Å². The second kappa shape index (κ2) is 1.64. The summed E-state index contributed by atoms with van der Waals surface area (Å²) in [6.45, 7) is 2.07. The molecule has 0 spiro atoms. The van der Waals surface area contributed by atoms with E-state index in [1.807, 2.05) is 0 Å². The fourth-order valence-corrected chi connectivity index (χ4v) is 2.35. The van der Waals surface area contributed by atoms with Crippen molar-refractivity contribution in [3.63, 3.8) is 0 Å². The number of thioether (sulfide) groups is 1. The average molecular weight is 144 g/mol. The van der Waals surface area contributed by atoms with E-state index in [2.05, 4.69) is 17.6 Å². The normalized spacial score (nSPS) is 47.7. The van der Waals surface area contributed by atoms with Crippen LogP contribution in [0.2, 0.25) is 0 Å². The number of hydrogen-bond donors (Lipinski definition) is 2. The summed E-state index contributed by atoms with van der Waals surface area (Å²) in [5, 5.41) is 6.73. The number of nitrogens with one attached hydrogen (secondary N) is 2.